The Morgan fingerprint density at radius 3 is 2.74 bits per heavy atom. The lowest BCUT2D eigenvalue weighted by Gasteiger charge is -2.14. The predicted octanol–water partition coefficient (Wildman–Crippen LogP) is 2.74. The smallest absolute Gasteiger partial charge is 0.308 e. The van der Waals surface area contributed by atoms with E-state index in [2.05, 4.69) is 4.98 Å². The molecule has 1 aliphatic rings. The van der Waals surface area contributed by atoms with Crippen LogP contribution in [0.4, 0.5) is 4.39 Å². The van der Waals surface area contributed by atoms with Crippen molar-refractivity contribution >= 4 is 23.2 Å². The zero-order valence-electron chi connectivity index (χ0n) is 12.4. The summed E-state index contributed by atoms with van der Waals surface area (Å²) in [5.41, 5.74) is 0.356. The van der Waals surface area contributed by atoms with Crippen molar-refractivity contribution in [3.05, 3.63) is 41.2 Å². The van der Waals surface area contributed by atoms with Crippen LogP contribution in [0.1, 0.15) is 16.6 Å². The molecule has 1 N–H and O–H groups in total. The molecule has 2 atom stereocenters. The van der Waals surface area contributed by atoms with E-state index in [1.807, 2.05) is 6.92 Å². The van der Waals surface area contributed by atoms with Gasteiger partial charge in [0.15, 0.2) is 0 Å². The predicted molar refractivity (Wildman–Crippen MR) is 83.7 cm³/mol. The van der Waals surface area contributed by atoms with Gasteiger partial charge in [0.25, 0.3) is 5.91 Å². The first-order valence-electron chi connectivity index (χ1n) is 7.20. The fourth-order valence-corrected chi connectivity index (χ4v) is 3.65. The molecule has 0 aliphatic carbocycles. The lowest BCUT2D eigenvalue weighted by atomic mass is 9.99. The minimum Gasteiger partial charge on any atom is -0.481 e. The number of amides is 1. The highest BCUT2D eigenvalue weighted by atomic mass is 32.1. The van der Waals surface area contributed by atoms with Gasteiger partial charge in [-0.15, -0.1) is 11.3 Å². The van der Waals surface area contributed by atoms with E-state index in [-0.39, 0.29) is 24.2 Å². The number of nitrogens with zero attached hydrogens (tertiary/aromatic N) is 2. The zero-order chi connectivity index (χ0) is 16.6. The largest absolute Gasteiger partial charge is 0.481 e. The third-order valence-electron chi connectivity index (χ3n) is 4.04. The van der Waals surface area contributed by atoms with Gasteiger partial charge < -0.3 is 10.0 Å². The van der Waals surface area contributed by atoms with Crippen molar-refractivity contribution in [1.82, 2.24) is 9.88 Å². The van der Waals surface area contributed by atoms with Crippen LogP contribution in [-0.2, 0) is 4.79 Å². The summed E-state index contributed by atoms with van der Waals surface area (Å²) in [5, 5.41) is 9.59. The van der Waals surface area contributed by atoms with Crippen molar-refractivity contribution in [2.24, 2.45) is 11.8 Å². The van der Waals surface area contributed by atoms with Crippen molar-refractivity contribution < 1.29 is 19.1 Å². The van der Waals surface area contributed by atoms with Gasteiger partial charge >= 0.3 is 5.97 Å². The molecule has 0 saturated carbocycles. The number of benzene rings is 1. The van der Waals surface area contributed by atoms with Crippen LogP contribution < -0.4 is 0 Å². The van der Waals surface area contributed by atoms with Gasteiger partial charge in [-0.2, -0.15) is 0 Å². The minimum atomic E-state index is -0.885. The van der Waals surface area contributed by atoms with Gasteiger partial charge in [-0.25, -0.2) is 9.37 Å². The van der Waals surface area contributed by atoms with E-state index in [4.69, 9.17) is 5.11 Å². The molecule has 0 bridgehead atoms. The molecule has 7 heteroatoms. The van der Waals surface area contributed by atoms with Crippen LogP contribution in [0.2, 0.25) is 0 Å². The van der Waals surface area contributed by atoms with Crippen LogP contribution in [0, 0.1) is 17.7 Å². The summed E-state index contributed by atoms with van der Waals surface area (Å²) >= 11 is 1.12. The number of carboxylic acids is 1. The highest BCUT2D eigenvalue weighted by Gasteiger charge is 2.37. The molecule has 5 nitrogen and oxygen atoms in total. The third kappa shape index (κ3) is 2.96. The molecule has 0 radical (unpaired) electrons. The summed E-state index contributed by atoms with van der Waals surface area (Å²) in [4.78, 5) is 29.7. The highest BCUT2D eigenvalue weighted by molar-refractivity contribution is 7.16. The molecule has 1 aromatic heterocycles. The minimum absolute atomic E-state index is 0.0876. The van der Waals surface area contributed by atoms with Crippen LogP contribution in [0.5, 0.6) is 0 Å². The molecular formula is C16H15FN2O3S. The van der Waals surface area contributed by atoms with Gasteiger partial charge in [0.05, 0.1) is 12.1 Å². The maximum atomic E-state index is 13.8. The topological polar surface area (TPSA) is 70.5 Å². The summed E-state index contributed by atoms with van der Waals surface area (Å²) in [7, 11) is 0. The molecule has 0 unspecified atom stereocenters. The van der Waals surface area contributed by atoms with Crippen LogP contribution in [-0.4, -0.2) is 40.0 Å². The fraction of sp³-hybridized carbons (Fsp3) is 0.312. The quantitative estimate of drug-likeness (QED) is 0.937. The molecule has 3 rings (SSSR count). The first kappa shape index (κ1) is 15.6. The second-order valence-electron chi connectivity index (χ2n) is 5.64. The molecule has 1 fully saturated rings. The first-order chi connectivity index (χ1) is 11.0. The standard InChI is InChI=1S/C16H15FN2O3S/c1-9-7-19(8-11(9)16(21)22)15(20)13-6-18-14(23-13)10-4-2-3-5-12(10)17/h2-6,9,11H,7-8H2,1H3,(H,21,22)/t9-,11-/m1/s1. The normalized spacial score (nSPS) is 20.7. The lowest BCUT2D eigenvalue weighted by Crippen LogP contribution is -2.29. The van der Waals surface area contributed by atoms with E-state index < -0.39 is 11.9 Å². The Morgan fingerprint density at radius 1 is 1.35 bits per heavy atom. The molecule has 1 saturated heterocycles. The second kappa shape index (κ2) is 6.08. The van der Waals surface area contributed by atoms with Gasteiger partial charge in [-0.3, -0.25) is 9.59 Å². The fourth-order valence-electron chi connectivity index (χ4n) is 2.74. The maximum absolute atomic E-state index is 13.8. The van der Waals surface area contributed by atoms with E-state index in [1.54, 1.807) is 18.2 Å². The Hall–Kier alpha value is -2.28. The van der Waals surface area contributed by atoms with Crippen molar-refractivity contribution in [2.45, 2.75) is 6.92 Å². The Labute approximate surface area is 136 Å². The average molecular weight is 334 g/mol. The molecule has 1 amide bonds. The number of rotatable bonds is 3. The molecule has 23 heavy (non-hydrogen) atoms. The monoisotopic (exact) mass is 334 g/mol. The molecule has 1 aliphatic heterocycles. The van der Waals surface area contributed by atoms with E-state index in [1.165, 1.54) is 17.2 Å². The number of aromatic nitrogens is 1. The summed E-state index contributed by atoms with van der Waals surface area (Å²) in [5.74, 6) is -2.15. The Bertz CT molecular complexity index is 761. The third-order valence-corrected chi connectivity index (χ3v) is 5.06. The van der Waals surface area contributed by atoms with Gasteiger partial charge in [0, 0.05) is 18.7 Å². The Balaban J connectivity index is 1.80. The van der Waals surface area contributed by atoms with Crippen LogP contribution in [0.25, 0.3) is 10.6 Å². The van der Waals surface area contributed by atoms with E-state index in [0.29, 0.717) is 22.0 Å². The number of likely N-dealkylation sites (tertiary alicyclic amines) is 1. The molecule has 2 heterocycles. The number of carbonyl (C=O) groups excluding carboxylic acids is 1. The van der Waals surface area contributed by atoms with Crippen LogP contribution in [0.3, 0.4) is 0 Å². The Morgan fingerprint density at radius 2 is 2.09 bits per heavy atom. The van der Waals surface area contributed by atoms with E-state index in [0.717, 1.165) is 11.3 Å². The SMILES string of the molecule is C[C@@H]1CN(C(=O)c2cnc(-c3ccccc3F)s2)C[C@H]1C(=O)O. The van der Waals surface area contributed by atoms with E-state index >= 15 is 0 Å². The van der Waals surface area contributed by atoms with Crippen molar-refractivity contribution in [3.8, 4) is 10.6 Å². The number of aliphatic carboxylic acids is 1. The highest BCUT2D eigenvalue weighted by Crippen LogP contribution is 2.30. The maximum Gasteiger partial charge on any atom is 0.308 e. The zero-order valence-corrected chi connectivity index (χ0v) is 13.2. The molecule has 120 valence electrons. The number of carbonyl (C=O) groups is 2. The molecular weight excluding hydrogens is 319 g/mol. The van der Waals surface area contributed by atoms with Gasteiger partial charge in [0.1, 0.15) is 15.7 Å². The van der Waals surface area contributed by atoms with Gasteiger partial charge in [0.2, 0.25) is 0 Å². The van der Waals surface area contributed by atoms with Crippen molar-refractivity contribution in [2.75, 3.05) is 13.1 Å². The first-order valence-corrected chi connectivity index (χ1v) is 8.02. The number of halogens is 1. The Kier molecular flexibility index (Phi) is 4.12. The number of thiazole rings is 1. The molecule has 2 aromatic rings. The number of hydrogen-bond donors (Lipinski definition) is 1. The second-order valence-corrected chi connectivity index (χ2v) is 6.67. The van der Waals surface area contributed by atoms with Gasteiger partial charge in [-0.05, 0) is 18.1 Å². The molecule has 0 spiro atoms. The van der Waals surface area contributed by atoms with E-state index in [9.17, 15) is 14.0 Å². The summed E-state index contributed by atoms with van der Waals surface area (Å²) in [6.45, 7) is 2.43. The number of carboxylic acid groups (broad SMARTS) is 1. The lowest BCUT2D eigenvalue weighted by molar-refractivity contribution is -0.142. The van der Waals surface area contributed by atoms with Crippen molar-refractivity contribution in [3.63, 3.8) is 0 Å². The van der Waals surface area contributed by atoms with Crippen LogP contribution in [0.15, 0.2) is 30.5 Å². The van der Waals surface area contributed by atoms with Crippen molar-refractivity contribution in [1.29, 1.82) is 0 Å². The number of hydrogen-bond acceptors (Lipinski definition) is 4. The summed E-state index contributed by atoms with van der Waals surface area (Å²) in [6.07, 6.45) is 1.42. The van der Waals surface area contributed by atoms with Crippen LogP contribution >= 0.6 is 11.3 Å². The summed E-state index contributed by atoms with van der Waals surface area (Å²) < 4.78 is 13.8. The summed E-state index contributed by atoms with van der Waals surface area (Å²) in [6, 6.07) is 6.26. The molecule has 1 aromatic carbocycles. The van der Waals surface area contributed by atoms with Gasteiger partial charge in [-0.1, -0.05) is 19.1 Å². The average Bonchev–Trinajstić information content (AvgIpc) is 3.14.